The molecule has 0 aliphatic rings. The highest BCUT2D eigenvalue weighted by Crippen LogP contribution is 2.16. The molecule has 0 saturated carbocycles. The van der Waals surface area contributed by atoms with Gasteiger partial charge in [0.05, 0.1) is 18.7 Å². The topological polar surface area (TPSA) is 144 Å². The second-order valence-electron chi connectivity index (χ2n) is 7.50. The minimum Gasteiger partial charge on any atom is -0.375 e. The molecular weight excluding hydrogens is 336 g/mol. The number of hydrogen-bond acceptors (Lipinski definition) is 7. The Morgan fingerprint density at radius 1 is 1.23 bits per heavy atom. The van der Waals surface area contributed by atoms with Crippen LogP contribution in [0, 0.1) is 0 Å². The van der Waals surface area contributed by atoms with E-state index in [1.54, 1.807) is 6.08 Å². The molecule has 0 radical (unpaired) electrons. The Bertz CT molecular complexity index is 448. The maximum Gasteiger partial charge on any atom is 0.238 e. The van der Waals surface area contributed by atoms with Crippen LogP contribution in [0.25, 0.3) is 0 Å². The Balaban J connectivity index is 4.24. The Hall–Kier alpha value is -1.52. The van der Waals surface area contributed by atoms with Gasteiger partial charge in [0.15, 0.2) is 0 Å². The second kappa shape index (κ2) is 12.0. The average Bonchev–Trinajstić information content (AvgIpc) is 2.49. The Kier molecular flexibility index (Phi) is 11.3. The van der Waals surface area contributed by atoms with E-state index in [0.29, 0.717) is 19.6 Å². The molecule has 0 aliphatic carbocycles. The van der Waals surface area contributed by atoms with Gasteiger partial charge >= 0.3 is 0 Å². The summed E-state index contributed by atoms with van der Waals surface area (Å²) in [7, 11) is 0. The summed E-state index contributed by atoms with van der Waals surface area (Å²) < 4.78 is 5.76. The van der Waals surface area contributed by atoms with E-state index in [-0.39, 0.29) is 37.0 Å². The van der Waals surface area contributed by atoms with Gasteiger partial charge < -0.3 is 21.1 Å². The average molecular weight is 373 g/mol. The monoisotopic (exact) mass is 372 g/mol. The van der Waals surface area contributed by atoms with Gasteiger partial charge in [0.25, 0.3) is 0 Å². The lowest BCUT2D eigenvalue weighted by atomic mass is 10.0. The number of rotatable bonds is 14. The highest BCUT2D eigenvalue weighted by Gasteiger charge is 2.24. The molecule has 0 heterocycles. The van der Waals surface area contributed by atoms with E-state index < -0.39 is 11.6 Å². The van der Waals surface area contributed by atoms with Crippen LogP contribution in [0.15, 0.2) is 12.7 Å². The molecule has 8 N–H and O–H groups in total. The molecular formula is C17H36N6O3. The van der Waals surface area contributed by atoms with E-state index in [1.165, 1.54) is 0 Å². The van der Waals surface area contributed by atoms with Crippen molar-refractivity contribution >= 4 is 11.8 Å². The fourth-order valence-electron chi connectivity index (χ4n) is 2.03. The fourth-order valence-corrected chi connectivity index (χ4v) is 2.03. The van der Waals surface area contributed by atoms with Crippen LogP contribution in [0.1, 0.15) is 40.5 Å². The lowest BCUT2D eigenvalue weighted by Gasteiger charge is -2.27. The first-order valence-corrected chi connectivity index (χ1v) is 8.76. The molecule has 0 aliphatic heterocycles. The lowest BCUT2D eigenvalue weighted by Crippen LogP contribution is -2.54. The van der Waals surface area contributed by atoms with Gasteiger partial charge in [-0.1, -0.05) is 6.08 Å². The minimum absolute atomic E-state index is 0.138. The first-order chi connectivity index (χ1) is 12.0. The van der Waals surface area contributed by atoms with Crippen LogP contribution in [-0.2, 0) is 14.3 Å². The molecule has 1 unspecified atom stereocenters. The summed E-state index contributed by atoms with van der Waals surface area (Å²) in [6.45, 7) is 12.3. The van der Waals surface area contributed by atoms with E-state index in [9.17, 15) is 9.59 Å². The molecule has 0 aromatic heterocycles. The van der Waals surface area contributed by atoms with Crippen molar-refractivity contribution in [3.8, 4) is 0 Å². The predicted octanol–water partition coefficient (Wildman–Crippen LogP) is -0.903. The third-order valence-corrected chi connectivity index (χ3v) is 3.52. The fraction of sp³-hybridized carbons (Fsp3) is 0.765. The zero-order valence-electron chi connectivity index (χ0n) is 16.5. The van der Waals surface area contributed by atoms with Gasteiger partial charge in [-0.15, -0.1) is 6.58 Å². The van der Waals surface area contributed by atoms with Crippen LogP contribution in [0.2, 0.25) is 0 Å². The number of carbonyl (C=O) groups excluding carboxylic acids is 2. The van der Waals surface area contributed by atoms with E-state index in [1.807, 2.05) is 27.7 Å². The SMILES string of the molecule is C=CCNC(=O)C(CNN)NCNC(=O)CC(C)(C)OCCC(C)(C)N. The molecule has 0 saturated heterocycles. The molecule has 152 valence electrons. The lowest BCUT2D eigenvalue weighted by molar-refractivity contribution is -0.128. The van der Waals surface area contributed by atoms with Crippen LogP contribution in [0.3, 0.4) is 0 Å². The first-order valence-electron chi connectivity index (χ1n) is 8.76. The molecule has 0 fully saturated rings. The normalized spacial score (nSPS) is 13.2. The third kappa shape index (κ3) is 12.8. The number of nitrogens with two attached hydrogens (primary N) is 2. The molecule has 9 heteroatoms. The first kappa shape index (κ1) is 24.5. The molecule has 0 aromatic rings. The number of hydrazine groups is 1. The van der Waals surface area contributed by atoms with Gasteiger partial charge in [-0.2, -0.15) is 0 Å². The van der Waals surface area contributed by atoms with Crippen molar-refractivity contribution in [2.24, 2.45) is 11.6 Å². The van der Waals surface area contributed by atoms with Crippen LogP contribution >= 0.6 is 0 Å². The molecule has 1 atom stereocenters. The van der Waals surface area contributed by atoms with Crippen molar-refractivity contribution in [2.45, 2.75) is 57.7 Å². The zero-order chi connectivity index (χ0) is 20.2. The zero-order valence-corrected chi connectivity index (χ0v) is 16.5. The van der Waals surface area contributed by atoms with Gasteiger partial charge in [-0.3, -0.25) is 26.2 Å². The molecule has 9 nitrogen and oxygen atoms in total. The van der Waals surface area contributed by atoms with Crippen LogP contribution in [-0.4, -0.2) is 55.4 Å². The highest BCUT2D eigenvalue weighted by molar-refractivity contribution is 5.82. The number of carbonyl (C=O) groups is 2. The summed E-state index contributed by atoms with van der Waals surface area (Å²) >= 11 is 0. The molecule has 0 aromatic carbocycles. The summed E-state index contributed by atoms with van der Waals surface area (Å²) in [5.41, 5.74) is 7.46. The van der Waals surface area contributed by atoms with Gasteiger partial charge in [-0.25, -0.2) is 0 Å². The van der Waals surface area contributed by atoms with E-state index in [4.69, 9.17) is 16.3 Å². The van der Waals surface area contributed by atoms with Crippen LogP contribution in [0.4, 0.5) is 0 Å². The molecule has 0 spiro atoms. The number of nitrogens with one attached hydrogen (secondary N) is 4. The summed E-state index contributed by atoms with van der Waals surface area (Å²) in [6, 6.07) is -0.573. The number of ether oxygens (including phenoxy) is 1. The number of hydrogen-bond donors (Lipinski definition) is 6. The third-order valence-electron chi connectivity index (χ3n) is 3.52. The van der Waals surface area contributed by atoms with Gasteiger partial charge in [0, 0.05) is 25.2 Å². The van der Waals surface area contributed by atoms with Crippen molar-refractivity contribution < 1.29 is 14.3 Å². The summed E-state index contributed by atoms with van der Waals surface area (Å²) in [5, 5.41) is 8.32. The maximum atomic E-state index is 12.1. The predicted molar refractivity (Wildman–Crippen MR) is 103 cm³/mol. The maximum absolute atomic E-state index is 12.1. The van der Waals surface area contributed by atoms with Crippen molar-refractivity contribution in [1.82, 2.24) is 21.4 Å². The summed E-state index contributed by atoms with van der Waals surface area (Å²) in [4.78, 5) is 24.0. The standard InChI is InChI=1S/C17H36N6O3/c1-6-8-20-15(25)13(11-23-19)21-12-22-14(24)10-17(4,5)26-9-7-16(2,3)18/h6,13,21,23H,1,7-12,18-19H2,2-5H3,(H,20,25)(H,22,24). The van der Waals surface area contributed by atoms with Crippen LogP contribution < -0.4 is 33.0 Å². The van der Waals surface area contributed by atoms with Crippen molar-refractivity contribution in [3.63, 3.8) is 0 Å². The summed E-state index contributed by atoms with van der Waals surface area (Å²) in [5.74, 6) is 4.87. The quantitative estimate of drug-likeness (QED) is 0.100. The summed E-state index contributed by atoms with van der Waals surface area (Å²) in [6.07, 6.45) is 2.48. The molecule has 26 heavy (non-hydrogen) atoms. The second-order valence-corrected chi connectivity index (χ2v) is 7.50. The van der Waals surface area contributed by atoms with E-state index in [2.05, 4.69) is 28.0 Å². The largest absolute Gasteiger partial charge is 0.375 e. The highest BCUT2D eigenvalue weighted by atomic mass is 16.5. The van der Waals surface area contributed by atoms with E-state index in [0.717, 1.165) is 0 Å². The Morgan fingerprint density at radius 3 is 2.42 bits per heavy atom. The molecule has 2 amide bonds. The number of amides is 2. The molecule has 0 bridgehead atoms. The van der Waals surface area contributed by atoms with Gasteiger partial charge in [-0.05, 0) is 34.1 Å². The molecule has 0 rings (SSSR count). The van der Waals surface area contributed by atoms with Crippen LogP contribution in [0.5, 0.6) is 0 Å². The van der Waals surface area contributed by atoms with E-state index >= 15 is 0 Å². The smallest absolute Gasteiger partial charge is 0.238 e. The van der Waals surface area contributed by atoms with Crippen molar-refractivity contribution in [1.29, 1.82) is 0 Å². The van der Waals surface area contributed by atoms with Crippen molar-refractivity contribution in [3.05, 3.63) is 12.7 Å². The van der Waals surface area contributed by atoms with Gasteiger partial charge in [0.1, 0.15) is 6.04 Å². The minimum atomic E-state index is -0.602. The Morgan fingerprint density at radius 2 is 1.88 bits per heavy atom. The van der Waals surface area contributed by atoms with Crippen molar-refractivity contribution in [2.75, 3.05) is 26.4 Å². The van der Waals surface area contributed by atoms with Gasteiger partial charge in [0.2, 0.25) is 11.8 Å². The Labute approximate surface area is 156 Å².